The average molecular weight is 290 g/mol. The van der Waals surface area contributed by atoms with Crippen molar-refractivity contribution in [1.29, 1.82) is 0 Å². The fraction of sp³-hybridized carbons (Fsp3) is 0.0714. The zero-order valence-corrected chi connectivity index (χ0v) is 10.8. The fourth-order valence-electron chi connectivity index (χ4n) is 1.35. The van der Waals surface area contributed by atoms with Crippen molar-refractivity contribution in [2.24, 2.45) is 0 Å². The highest BCUT2D eigenvalue weighted by Gasteiger charge is 1.95. The van der Waals surface area contributed by atoms with Crippen LogP contribution in [0, 0.1) is 0 Å². The number of para-hydroxylation sites is 1. The van der Waals surface area contributed by atoms with Crippen LogP contribution in [0.15, 0.2) is 59.3 Å². The van der Waals surface area contributed by atoms with E-state index in [0.717, 1.165) is 15.8 Å². The van der Waals surface area contributed by atoms with Crippen LogP contribution >= 0.6 is 15.9 Å². The minimum Gasteiger partial charge on any atom is -0.488 e. The van der Waals surface area contributed by atoms with Gasteiger partial charge >= 0.3 is 0 Å². The van der Waals surface area contributed by atoms with Crippen molar-refractivity contribution in [3.05, 3.63) is 64.9 Å². The molecule has 1 aromatic carbocycles. The Hall–Kier alpha value is -1.61. The van der Waals surface area contributed by atoms with Gasteiger partial charge in [0.25, 0.3) is 0 Å². The van der Waals surface area contributed by atoms with Crippen molar-refractivity contribution < 1.29 is 4.74 Å². The predicted octanol–water partition coefficient (Wildman–Crippen LogP) is 3.90. The summed E-state index contributed by atoms with van der Waals surface area (Å²) in [5.74, 6) is 0.868. The van der Waals surface area contributed by atoms with Gasteiger partial charge in [-0.05, 0) is 35.9 Å². The van der Waals surface area contributed by atoms with E-state index in [0.29, 0.717) is 6.61 Å². The quantitative estimate of drug-likeness (QED) is 0.852. The SMILES string of the molecule is BrC(=Cc1ccncc1)COc1ccccc1. The second-order valence-corrected chi connectivity index (χ2v) is 4.49. The maximum Gasteiger partial charge on any atom is 0.120 e. The molecule has 0 aliphatic carbocycles. The van der Waals surface area contributed by atoms with E-state index in [-0.39, 0.29) is 0 Å². The fourth-order valence-corrected chi connectivity index (χ4v) is 1.73. The topological polar surface area (TPSA) is 22.1 Å². The van der Waals surface area contributed by atoms with E-state index in [2.05, 4.69) is 20.9 Å². The molecule has 0 aliphatic rings. The van der Waals surface area contributed by atoms with Crippen molar-refractivity contribution in [3.63, 3.8) is 0 Å². The van der Waals surface area contributed by atoms with Gasteiger partial charge in [-0.2, -0.15) is 0 Å². The number of nitrogens with zero attached hydrogens (tertiary/aromatic N) is 1. The number of hydrogen-bond donors (Lipinski definition) is 0. The summed E-state index contributed by atoms with van der Waals surface area (Å²) in [6.45, 7) is 0.520. The summed E-state index contributed by atoms with van der Waals surface area (Å²) in [4.78, 5) is 3.97. The van der Waals surface area contributed by atoms with Gasteiger partial charge in [0.1, 0.15) is 12.4 Å². The zero-order chi connectivity index (χ0) is 11.9. The van der Waals surface area contributed by atoms with E-state index in [1.165, 1.54) is 0 Å². The van der Waals surface area contributed by atoms with Crippen molar-refractivity contribution in [2.45, 2.75) is 0 Å². The molecule has 0 aliphatic heterocycles. The van der Waals surface area contributed by atoms with Crippen molar-refractivity contribution in [3.8, 4) is 5.75 Å². The van der Waals surface area contributed by atoms with Crippen molar-refractivity contribution in [1.82, 2.24) is 4.98 Å². The third kappa shape index (κ3) is 4.04. The molecule has 0 amide bonds. The van der Waals surface area contributed by atoms with Gasteiger partial charge in [0.05, 0.1) is 0 Å². The lowest BCUT2D eigenvalue weighted by atomic mass is 10.2. The molecule has 86 valence electrons. The number of pyridine rings is 1. The molecule has 2 rings (SSSR count). The van der Waals surface area contributed by atoms with E-state index in [9.17, 15) is 0 Å². The Bertz CT molecular complexity index is 482. The molecule has 0 saturated carbocycles. The summed E-state index contributed by atoms with van der Waals surface area (Å²) < 4.78 is 6.60. The van der Waals surface area contributed by atoms with Crippen LogP contribution in [0.3, 0.4) is 0 Å². The van der Waals surface area contributed by atoms with Crippen molar-refractivity contribution >= 4 is 22.0 Å². The largest absolute Gasteiger partial charge is 0.488 e. The Morgan fingerprint density at radius 2 is 1.82 bits per heavy atom. The highest BCUT2D eigenvalue weighted by Crippen LogP contribution is 2.15. The first kappa shape index (κ1) is 11.9. The minimum atomic E-state index is 0.520. The summed E-state index contributed by atoms with van der Waals surface area (Å²) in [6, 6.07) is 13.6. The van der Waals surface area contributed by atoms with Crippen LogP contribution in [0.5, 0.6) is 5.75 Å². The molecule has 0 N–H and O–H groups in total. The van der Waals surface area contributed by atoms with E-state index < -0.39 is 0 Å². The van der Waals surface area contributed by atoms with E-state index in [4.69, 9.17) is 4.74 Å². The number of aromatic nitrogens is 1. The van der Waals surface area contributed by atoms with Crippen LogP contribution in [0.1, 0.15) is 5.56 Å². The van der Waals surface area contributed by atoms with Gasteiger partial charge in [0.2, 0.25) is 0 Å². The number of benzene rings is 1. The lowest BCUT2D eigenvalue weighted by Gasteiger charge is -2.04. The van der Waals surface area contributed by atoms with Gasteiger partial charge in [-0.25, -0.2) is 0 Å². The maximum absolute atomic E-state index is 5.61. The molecule has 3 heteroatoms. The third-order valence-electron chi connectivity index (χ3n) is 2.15. The molecule has 0 saturated heterocycles. The molecule has 0 bridgehead atoms. The van der Waals surface area contributed by atoms with Gasteiger partial charge in [-0.3, -0.25) is 4.98 Å². The molecule has 1 heterocycles. The number of rotatable bonds is 4. The van der Waals surface area contributed by atoms with Gasteiger partial charge in [-0.1, -0.05) is 34.1 Å². The molecule has 2 nitrogen and oxygen atoms in total. The molecular weight excluding hydrogens is 278 g/mol. The second kappa shape index (κ2) is 6.21. The zero-order valence-electron chi connectivity index (χ0n) is 9.21. The Morgan fingerprint density at radius 1 is 1.12 bits per heavy atom. The van der Waals surface area contributed by atoms with Crippen LogP contribution in [-0.2, 0) is 0 Å². The highest BCUT2D eigenvalue weighted by molar-refractivity contribution is 9.11. The summed E-state index contributed by atoms with van der Waals surface area (Å²) in [5.41, 5.74) is 1.10. The number of hydrogen-bond acceptors (Lipinski definition) is 2. The molecule has 2 aromatic rings. The Kier molecular flexibility index (Phi) is 4.33. The van der Waals surface area contributed by atoms with E-state index in [1.54, 1.807) is 12.4 Å². The monoisotopic (exact) mass is 289 g/mol. The van der Waals surface area contributed by atoms with E-state index in [1.807, 2.05) is 48.5 Å². The lowest BCUT2D eigenvalue weighted by Crippen LogP contribution is -1.96. The number of ether oxygens (including phenoxy) is 1. The lowest BCUT2D eigenvalue weighted by molar-refractivity contribution is 0.361. The van der Waals surface area contributed by atoms with Crippen LogP contribution in [0.4, 0.5) is 0 Å². The third-order valence-corrected chi connectivity index (χ3v) is 2.61. The van der Waals surface area contributed by atoms with E-state index >= 15 is 0 Å². The second-order valence-electron chi connectivity index (χ2n) is 3.47. The first-order chi connectivity index (χ1) is 8.34. The van der Waals surface area contributed by atoms with Gasteiger partial charge < -0.3 is 4.74 Å². The first-order valence-electron chi connectivity index (χ1n) is 5.28. The summed E-state index contributed by atoms with van der Waals surface area (Å²) in [6.07, 6.45) is 5.55. The maximum atomic E-state index is 5.61. The molecule has 0 atom stereocenters. The first-order valence-corrected chi connectivity index (χ1v) is 6.08. The predicted molar refractivity (Wildman–Crippen MR) is 73.1 cm³/mol. The van der Waals surface area contributed by atoms with Gasteiger partial charge in [0.15, 0.2) is 0 Å². The molecule has 0 fully saturated rings. The summed E-state index contributed by atoms with van der Waals surface area (Å²) in [5, 5.41) is 0. The number of halogens is 1. The Labute approximate surface area is 109 Å². The minimum absolute atomic E-state index is 0.520. The van der Waals surface area contributed by atoms with Crippen LogP contribution in [0.25, 0.3) is 6.08 Å². The molecule has 0 radical (unpaired) electrons. The smallest absolute Gasteiger partial charge is 0.120 e. The highest BCUT2D eigenvalue weighted by atomic mass is 79.9. The normalized spacial score (nSPS) is 11.2. The molecule has 17 heavy (non-hydrogen) atoms. The van der Waals surface area contributed by atoms with Gasteiger partial charge in [-0.15, -0.1) is 0 Å². The molecular formula is C14H12BrNO. The summed E-state index contributed by atoms with van der Waals surface area (Å²) in [7, 11) is 0. The van der Waals surface area contributed by atoms with Crippen molar-refractivity contribution in [2.75, 3.05) is 6.61 Å². The van der Waals surface area contributed by atoms with Crippen LogP contribution in [0.2, 0.25) is 0 Å². The standard InChI is InChI=1S/C14H12BrNO/c15-13(10-12-6-8-16-9-7-12)11-17-14-4-2-1-3-5-14/h1-10H,11H2. The molecule has 0 unspecified atom stereocenters. The summed E-state index contributed by atoms with van der Waals surface area (Å²) >= 11 is 3.49. The molecule has 1 aromatic heterocycles. The van der Waals surface area contributed by atoms with Crippen LogP contribution < -0.4 is 4.74 Å². The van der Waals surface area contributed by atoms with Gasteiger partial charge in [0, 0.05) is 16.9 Å². The Morgan fingerprint density at radius 3 is 2.53 bits per heavy atom. The Balaban J connectivity index is 1.94. The average Bonchev–Trinajstić information content (AvgIpc) is 2.39. The van der Waals surface area contributed by atoms with Crippen LogP contribution in [-0.4, -0.2) is 11.6 Å². The molecule has 0 spiro atoms.